The minimum absolute atomic E-state index is 0.0506. The Hall–Kier alpha value is -2.19. The fourth-order valence-electron chi connectivity index (χ4n) is 9.52. The molecule has 3 fully saturated rings. The summed E-state index contributed by atoms with van der Waals surface area (Å²) >= 11 is 0. The molecule has 55 heavy (non-hydrogen) atoms. The van der Waals surface area contributed by atoms with Crippen LogP contribution in [-0.2, 0) is 38.1 Å². The SMILES string of the molecule is CCC[C@@H]1/C=C(\C)C[C@H](C)C[C@H](OC)[C@H]2O[C@@](O)(CC(=O)N3CCC[C@H]3C(=O)O[C@H](/C(C)=C/[C@@H]3CC[C@@H](O)[C@H](OC)C3)[C@H](C)[C@@H](O)CC1=O)[C@H](C)C[C@@H]2OC. The number of methoxy groups -OCH3 is 3. The number of fused-ring (bicyclic) bond motifs is 3. The molecule has 3 N–H and O–H groups in total. The van der Waals surface area contributed by atoms with Crippen molar-refractivity contribution >= 4 is 17.7 Å². The van der Waals surface area contributed by atoms with Gasteiger partial charge in [0.1, 0.15) is 24.0 Å². The molecule has 2 saturated heterocycles. The number of rotatable bonds is 7. The van der Waals surface area contributed by atoms with Gasteiger partial charge in [-0.2, -0.15) is 0 Å². The summed E-state index contributed by atoms with van der Waals surface area (Å²) in [6.45, 7) is 12.0. The molecule has 4 rings (SSSR count). The fourth-order valence-corrected chi connectivity index (χ4v) is 9.52. The maximum atomic E-state index is 14.2. The van der Waals surface area contributed by atoms with Crippen LogP contribution in [0, 0.1) is 29.6 Å². The molecule has 1 saturated carbocycles. The molecule has 1 amide bonds. The number of allylic oxidation sites excluding steroid dienone is 3. The molecule has 12 nitrogen and oxygen atoms in total. The number of hydrogen-bond donors (Lipinski definition) is 3. The standard InChI is InChI=1S/C43H71NO11/c1-10-12-31-18-25(2)17-26(3)19-37(52-8)41-38(53-9)21-28(5)43(50,55-41)24-39(48)44-16-11-13-32(44)42(49)54-40(29(6)34(46)23-35(31)47)27(4)20-30-14-15-33(45)36(22-30)51-7/h18,20,26,28-34,36-38,40-41,45-46,50H,10-17,19,21-24H2,1-9H3/b25-18+,27-20+/t26-,28+,29+,30-,31+,32-,33+,34-,36+,37-,38-,40+,41+,43-/m0/s1. The number of Topliss-reactive ketones (excluding diaryl/α,β-unsaturated/α-hetero) is 1. The normalized spacial score (nSPS) is 41.9. The van der Waals surface area contributed by atoms with E-state index in [0.717, 1.165) is 24.0 Å². The number of nitrogens with zero attached hydrogens (tertiary/aromatic N) is 1. The lowest BCUT2D eigenvalue weighted by Crippen LogP contribution is -2.59. The quantitative estimate of drug-likeness (QED) is 0.228. The monoisotopic (exact) mass is 778 g/mol. The van der Waals surface area contributed by atoms with Crippen LogP contribution in [0.1, 0.15) is 119 Å². The maximum Gasteiger partial charge on any atom is 0.329 e. The van der Waals surface area contributed by atoms with Gasteiger partial charge in [-0.1, -0.05) is 51.8 Å². The molecule has 3 aliphatic heterocycles. The van der Waals surface area contributed by atoms with Crippen LogP contribution >= 0.6 is 0 Å². The second-order valence-corrected chi connectivity index (χ2v) is 17.3. The Bertz CT molecular complexity index is 1350. The minimum Gasteiger partial charge on any atom is -0.456 e. The zero-order valence-electron chi connectivity index (χ0n) is 34.9. The van der Waals surface area contributed by atoms with E-state index in [4.69, 9.17) is 23.7 Å². The topological polar surface area (TPSA) is 161 Å². The third-order valence-electron chi connectivity index (χ3n) is 12.9. The number of cyclic esters (lactones) is 1. The molecule has 0 aromatic carbocycles. The van der Waals surface area contributed by atoms with Gasteiger partial charge in [0, 0.05) is 52.0 Å². The van der Waals surface area contributed by atoms with Crippen molar-refractivity contribution < 1.29 is 53.4 Å². The summed E-state index contributed by atoms with van der Waals surface area (Å²) in [7, 11) is 4.81. The van der Waals surface area contributed by atoms with E-state index in [1.54, 1.807) is 28.3 Å². The number of amides is 1. The van der Waals surface area contributed by atoms with Crippen LogP contribution < -0.4 is 0 Å². The number of esters is 1. The predicted octanol–water partition coefficient (Wildman–Crippen LogP) is 5.29. The van der Waals surface area contributed by atoms with Crippen LogP contribution in [0.2, 0.25) is 0 Å². The third kappa shape index (κ3) is 11.5. The first-order valence-corrected chi connectivity index (χ1v) is 20.8. The zero-order chi connectivity index (χ0) is 40.6. The molecular formula is C43H71NO11. The van der Waals surface area contributed by atoms with Crippen LogP contribution in [0.5, 0.6) is 0 Å². The van der Waals surface area contributed by atoms with Gasteiger partial charge < -0.3 is 43.9 Å². The van der Waals surface area contributed by atoms with Gasteiger partial charge in [0.2, 0.25) is 5.91 Å². The lowest BCUT2D eigenvalue weighted by atomic mass is 9.81. The van der Waals surface area contributed by atoms with E-state index >= 15 is 0 Å². The van der Waals surface area contributed by atoms with Crippen LogP contribution in [0.3, 0.4) is 0 Å². The van der Waals surface area contributed by atoms with E-state index in [1.807, 2.05) is 39.8 Å². The molecule has 0 aromatic heterocycles. The maximum absolute atomic E-state index is 14.2. The number of ketones is 1. The van der Waals surface area contributed by atoms with E-state index < -0.39 is 66.1 Å². The van der Waals surface area contributed by atoms with E-state index in [9.17, 15) is 29.7 Å². The molecule has 2 bridgehead atoms. The summed E-state index contributed by atoms with van der Waals surface area (Å²) in [6.07, 6.45) is 5.39. The van der Waals surface area contributed by atoms with Crippen molar-refractivity contribution in [2.75, 3.05) is 27.9 Å². The summed E-state index contributed by atoms with van der Waals surface area (Å²) in [5.41, 5.74) is 1.79. The first kappa shape index (κ1) is 45.5. The second-order valence-electron chi connectivity index (χ2n) is 17.3. The van der Waals surface area contributed by atoms with Crippen molar-refractivity contribution in [3.63, 3.8) is 0 Å². The van der Waals surface area contributed by atoms with Crippen molar-refractivity contribution in [2.45, 2.75) is 173 Å². The summed E-state index contributed by atoms with van der Waals surface area (Å²) in [5.74, 6) is -4.17. The van der Waals surface area contributed by atoms with Crippen LogP contribution in [0.15, 0.2) is 23.3 Å². The van der Waals surface area contributed by atoms with Crippen molar-refractivity contribution in [3.8, 4) is 0 Å². The molecule has 0 aromatic rings. The van der Waals surface area contributed by atoms with E-state index in [1.165, 1.54) is 4.90 Å². The first-order valence-electron chi connectivity index (χ1n) is 20.8. The molecule has 0 unspecified atom stereocenters. The Morgan fingerprint density at radius 2 is 1.62 bits per heavy atom. The highest BCUT2D eigenvalue weighted by Crippen LogP contribution is 2.40. The highest BCUT2D eigenvalue weighted by molar-refractivity contribution is 5.86. The number of hydrogen-bond acceptors (Lipinski definition) is 11. The number of carbonyl (C=O) groups excluding carboxylic acids is 3. The summed E-state index contributed by atoms with van der Waals surface area (Å²) in [5, 5.41) is 34.1. The van der Waals surface area contributed by atoms with Gasteiger partial charge in [0.15, 0.2) is 5.79 Å². The van der Waals surface area contributed by atoms with Gasteiger partial charge in [-0.15, -0.1) is 0 Å². The minimum atomic E-state index is -1.82. The Kier molecular flexibility index (Phi) is 16.9. The Morgan fingerprint density at radius 1 is 0.945 bits per heavy atom. The number of aliphatic hydroxyl groups excluding tert-OH is 2. The second kappa shape index (κ2) is 20.5. The predicted molar refractivity (Wildman–Crippen MR) is 208 cm³/mol. The Balaban J connectivity index is 1.72. The van der Waals surface area contributed by atoms with Gasteiger partial charge in [-0.05, 0) is 89.0 Å². The molecule has 0 spiro atoms. The van der Waals surface area contributed by atoms with E-state index in [2.05, 4.69) is 6.92 Å². The average Bonchev–Trinajstić information content (AvgIpc) is 3.64. The molecule has 14 atom stereocenters. The zero-order valence-corrected chi connectivity index (χ0v) is 34.9. The van der Waals surface area contributed by atoms with Crippen molar-refractivity contribution in [1.82, 2.24) is 4.90 Å². The van der Waals surface area contributed by atoms with Gasteiger partial charge in [0.25, 0.3) is 0 Å². The molecule has 3 heterocycles. The van der Waals surface area contributed by atoms with Gasteiger partial charge in [-0.3, -0.25) is 9.59 Å². The van der Waals surface area contributed by atoms with E-state index in [0.29, 0.717) is 57.9 Å². The highest BCUT2D eigenvalue weighted by atomic mass is 16.7. The van der Waals surface area contributed by atoms with Gasteiger partial charge in [0.05, 0.1) is 36.9 Å². The van der Waals surface area contributed by atoms with Gasteiger partial charge >= 0.3 is 5.97 Å². The molecule has 0 radical (unpaired) electrons. The number of ether oxygens (including phenoxy) is 5. The molecule has 314 valence electrons. The molecule has 12 heteroatoms. The lowest BCUT2D eigenvalue weighted by Gasteiger charge is -2.47. The largest absolute Gasteiger partial charge is 0.456 e. The lowest BCUT2D eigenvalue weighted by molar-refractivity contribution is -0.321. The highest BCUT2D eigenvalue weighted by Gasteiger charge is 2.51. The molecule has 4 aliphatic rings. The molecule has 1 aliphatic carbocycles. The average molecular weight is 778 g/mol. The van der Waals surface area contributed by atoms with Crippen LogP contribution in [-0.4, -0.2) is 120 Å². The number of carbonyl (C=O) groups is 3. The summed E-state index contributed by atoms with van der Waals surface area (Å²) in [6, 6.07) is -0.884. The van der Waals surface area contributed by atoms with Crippen molar-refractivity contribution in [3.05, 3.63) is 23.3 Å². The van der Waals surface area contributed by atoms with Gasteiger partial charge in [-0.25, -0.2) is 4.79 Å². The fraction of sp³-hybridized carbons (Fsp3) is 0.837. The molecular weight excluding hydrogens is 706 g/mol. The number of aliphatic hydroxyl groups is 3. The smallest absolute Gasteiger partial charge is 0.329 e. The first-order chi connectivity index (χ1) is 26.0. The van der Waals surface area contributed by atoms with Crippen molar-refractivity contribution in [2.24, 2.45) is 29.6 Å². The third-order valence-corrected chi connectivity index (χ3v) is 12.9. The summed E-state index contributed by atoms with van der Waals surface area (Å²) < 4.78 is 30.2. The van der Waals surface area contributed by atoms with Crippen LogP contribution in [0.25, 0.3) is 0 Å². The summed E-state index contributed by atoms with van der Waals surface area (Å²) in [4.78, 5) is 43.6. The Morgan fingerprint density at radius 3 is 2.27 bits per heavy atom. The Labute approximate surface area is 329 Å². The van der Waals surface area contributed by atoms with Crippen LogP contribution in [0.4, 0.5) is 0 Å². The van der Waals surface area contributed by atoms with Crippen molar-refractivity contribution in [1.29, 1.82) is 0 Å². The van der Waals surface area contributed by atoms with E-state index in [-0.39, 0.29) is 48.6 Å².